The summed E-state index contributed by atoms with van der Waals surface area (Å²) in [6.45, 7) is 3.40. The summed E-state index contributed by atoms with van der Waals surface area (Å²) in [5.74, 6) is -0.635. The highest BCUT2D eigenvalue weighted by Gasteiger charge is 2.25. The van der Waals surface area contributed by atoms with Crippen LogP contribution >= 0.6 is 11.3 Å². The number of nitrogens with one attached hydrogen (secondary N) is 2. The first-order valence-electron chi connectivity index (χ1n) is 8.26. The van der Waals surface area contributed by atoms with Crippen LogP contribution in [0, 0.1) is 5.82 Å². The molecular formula is C17H18FN5O3S. The fraction of sp³-hybridized carbons (Fsp3) is 0.294. The van der Waals surface area contributed by atoms with E-state index in [0.29, 0.717) is 31.9 Å². The van der Waals surface area contributed by atoms with Crippen molar-refractivity contribution in [2.45, 2.75) is 6.92 Å². The molecule has 142 valence electrons. The molecule has 3 rings (SSSR count). The number of benzene rings is 1. The van der Waals surface area contributed by atoms with E-state index in [9.17, 15) is 18.8 Å². The molecule has 0 bridgehead atoms. The molecule has 2 heterocycles. The summed E-state index contributed by atoms with van der Waals surface area (Å²) in [6.07, 6.45) is 0. The van der Waals surface area contributed by atoms with Gasteiger partial charge in [0.05, 0.1) is 0 Å². The number of carbonyl (C=O) groups is 3. The van der Waals surface area contributed by atoms with Gasteiger partial charge in [-0.1, -0.05) is 0 Å². The third-order valence-corrected chi connectivity index (χ3v) is 4.82. The zero-order valence-corrected chi connectivity index (χ0v) is 15.4. The Hall–Kier alpha value is -3.01. The van der Waals surface area contributed by atoms with E-state index in [0.717, 1.165) is 11.3 Å². The van der Waals surface area contributed by atoms with E-state index >= 15 is 0 Å². The predicted octanol–water partition coefficient (Wildman–Crippen LogP) is 2.23. The number of nitrogens with zero attached hydrogens (tertiary/aromatic N) is 3. The summed E-state index contributed by atoms with van der Waals surface area (Å²) in [5.41, 5.74) is 0.679. The van der Waals surface area contributed by atoms with Crippen molar-refractivity contribution in [3.05, 3.63) is 41.2 Å². The van der Waals surface area contributed by atoms with E-state index < -0.39 is 11.8 Å². The number of carbonyl (C=O) groups excluding carboxylic acids is 3. The van der Waals surface area contributed by atoms with Crippen molar-refractivity contribution in [3.63, 3.8) is 0 Å². The van der Waals surface area contributed by atoms with Gasteiger partial charge in [-0.25, -0.2) is 14.2 Å². The summed E-state index contributed by atoms with van der Waals surface area (Å²) in [7, 11) is 0. The van der Waals surface area contributed by atoms with Crippen LogP contribution in [0.4, 0.5) is 20.0 Å². The topological polar surface area (TPSA) is 94.6 Å². The smallest absolute Gasteiger partial charge is 0.325 e. The van der Waals surface area contributed by atoms with E-state index in [1.54, 1.807) is 15.2 Å². The van der Waals surface area contributed by atoms with Gasteiger partial charge in [-0.3, -0.25) is 14.9 Å². The molecule has 0 radical (unpaired) electrons. The standard InChI is InChI=1S/C17H18FN5O3S/c1-11(24)22-6-8-23(9-7-22)15(25)14-10-27-17(20-14)21-16(26)19-13-4-2-12(18)3-5-13/h2-5,10H,6-9H2,1H3,(H2,19,20,21,26). The average molecular weight is 391 g/mol. The van der Waals surface area contributed by atoms with Crippen LogP contribution in [0.5, 0.6) is 0 Å². The predicted molar refractivity (Wildman–Crippen MR) is 99.3 cm³/mol. The number of urea groups is 1. The van der Waals surface area contributed by atoms with Gasteiger partial charge in [0, 0.05) is 44.2 Å². The molecule has 1 saturated heterocycles. The quantitative estimate of drug-likeness (QED) is 0.839. The molecule has 2 aromatic rings. The molecule has 10 heteroatoms. The van der Waals surface area contributed by atoms with Crippen molar-refractivity contribution in [1.29, 1.82) is 0 Å². The lowest BCUT2D eigenvalue weighted by Crippen LogP contribution is -2.50. The van der Waals surface area contributed by atoms with Crippen molar-refractivity contribution in [3.8, 4) is 0 Å². The fourth-order valence-corrected chi connectivity index (χ4v) is 3.29. The fourth-order valence-electron chi connectivity index (χ4n) is 2.61. The van der Waals surface area contributed by atoms with Gasteiger partial charge in [-0.15, -0.1) is 11.3 Å². The minimum Gasteiger partial charge on any atom is -0.339 e. The largest absolute Gasteiger partial charge is 0.339 e. The van der Waals surface area contributed by atoms with Crippen molar-refractivity contribution < 1.29 is 18.8 Å². The number of thiazole rings is 1. The third kappa shape index (κ3) is 4.79. The number of anilines is 2. The number of rotatable bonds is 3. The van der Waals surface area contributed by atoms with Crippen molar-refractivity contribution in [2.24, 2.45) is 0 Å². The van der Waals surface area contributed by atoms with Crippen LogP contribution in [0.3, 0.4) is 0 Å². The molecule has 1 aliphatic rings. The number of hydrogen-bond donors (Lipinski definition) is 2. The number of piperazine rings is 1. The van der Waals surface area contributed by atoms with Gasteiger partial charge in [-0.2, -0.15) is 0 Å². The minimum atomic E-state index is -0.537. The second-order valence-corrected chi connectivity index (χ2v) is 6.78. The van der Waals surface area contributed by atoms with E-state index in [4.69, 9.17) is 0 Å². The third-order valence-electron chi connectivity index (χ3n) is 4.06. The molecule has 0 saturated carbocycles. The summed E-state index contributed by atoms with van der Waals surface area (Å²) in [4.78, 5) is 43.3. The van der Waals surface area contributed by atoms with E-state index in [1.807, 2.05) is 0 Å². The summed E-state index contributed by atoms with van der Waals surface area (Å²) in [5, 5.41) is 6.95. The Labute approximate surface area is 159 Å². The Morgan fingerprint density at radius 2 is 1.67 bits per heavy atom. The molecule has 2 N–H and O–H groups in total. The maximum atomic E-state index is 12.9. The molecule has 1 aromatic heterocycles. The second kappa shape index (κ2) is 8.12. The normalized spacial score (nSPS) is 14.0. The molecule has 0 unspecified atom stereocenters. The molecule has 0 spiro atoms. The second-order valence-electron chi connectivity index (χ2n) is 5.92. The van der Waals surface area contributed by atoms with Crippen molar-refractivity contribution >= 4 is 40.0 Å². The summed E-state index contributed by atoms with van der Waals surface area (Å²) in [6, 6.07) is 4.81. The van der Waals surface area contributed by atoms with Crippen LogP contribution in [0.15, 0.2) is 29.6 Å². The van der Waals surface area contributed by atoms with Crippen LogP contribution < -0.4 is 10.6 Å². The molecule has 1 aromatic carbocycles. The zero-order valence-electron chi connectivity index (χ0n) is 14.6. The Morgan fingerprint density at radius 1 is 1.04 bits per heavy atom. The van der Waals surface area contributed by atoms with Crippen LogP contribution in [0.1, 0.15) is 17.4 Å². The molecule has 0 aliphatic carbocycles. The monoisotopic (exact) mass is 391 g/mol. The first kappa shape index (κ1) is 18.8. The van der Waals surface area contributed by atoms with Gasteiger partial charge < -0.3 is 15.1 Å². The summed E-state index contributed by atoms with van der Waals surface area (Å²) >= 11 is 1.13. The van der Waals surface area contributed by atoms with Crippen LogP contribution in [0.2, 0.25) is 0 Å². The molecule has 4 amide bonds. The molecular weight excluding hydrogens is 373 g/mol. The first-order chi connectivity index (χ1) is 12.9. The maximum Gasteiger partial charge on any atom is 0.325 e. The van der Waals surface area contributed by atoms with Crippen LogP contribution in [-0.4, -0.2) is 58.8 Å². The molecule has 1 aliphatic heterocycles. The maximum absolute atomic E-state index is 12.9. The Bertz CT molecular complexity index is 847. The molecule has 27 heavy (non-hydrogen) atoms. The number of amides is 4. The molecule has 1 fully saturated rings. The van der Waals surface area contributed by atoms with Gasteiger partial charge in [0.1, 0.15) is 11.5 Å². The van der Waals surface area contributed by atoms with Crippen molar-refractivity contribution in [1.82, 2.24) is 14.8 Å². The first-order valence-corrected chi connectivity index (χ1v) is 9.14. The van der Waals surface area contributed by atoms with Gasteiger partial charge >= 0.3 is 6.03 Å². The van der Waals surface area contributed by atoms with Gasteiger partial charge in [0.15, 0.2) is 5.13 Å². The van der Waals surface area contributed by atoms with E-state index in [-0.39, 0.29) is 22.6 Å². The highest BCUT2D eigenvalue weighted by molar-refractivity contribution is 7.14. The highest BCUT2D eigenvalue weighted by atomic mass is 32.1. The SMILES string of the molecule is CC(=O)N1CCN(C(=O)c2csc(NC(=O)Nc3ccc(F)cc3)n2)CC1. The average Bonchev–Trinajstić information content (AvgIpc) is 3.11. The lowest BCUT2D eigenvalue weighted by atomic mass is 10.3. The lowest BCUT2D eigenvalue weighted by molar-refractivity contribution is -0.130. The number of aromatic nitrogens is 1. The Kier molecular flexibility index (Phi) is 5.65. The molecule has 8 nitrogen and oxygen atoms in total. The zero-order chi connectivity index (χ0) is 19.4. The number of hydrogen-bond acceptors (Lipinski definition) is 5. The number of halogens is 1. The van der Waals surface area contributed by atoms with Crippen LogP contribution in [0.25, 0.3) is 0 Å². The van der Waals surface area contributed by atoms with Gasteiger partial charge in [0.2, 0.25) is 5.91 Å². The Balaban J connectivity index is 1.54. The Morgan fingerprint density at radius 3 is 2.30 bits per heavy atom. The summed E-state index contributed by atoms with van der Waals surface area (Å²) < 4.78 is 12.9. The van der Waals surface area contributed by atoms with E-state index in [2.05, 4.69) is 15.6 Å². The van der Waals surface area contributed by atoms with Crippen LogP contribution in [-0.2, 0) is 4.79 Å². The van der Waals surface area contributed by atoms with Gasteiger partial charge in [0.25, 0.3) is 5.91 Å². The minimum absolute atomic E-state index is 0.00518. The van der Waals surface area contributed by atoms with Gasteiger partial charge in [-0.05, 0) is 24.3 Å². The van der Waals surface area contributed by atoms with Crippen molar-refractivity contribution in [2.75, 3.05) is 36.8 Å². The lowest BCUT2D eigenvalue weighted by Gasteiger charge is -2.33. The highest BCUT2D eigenvalue weighted by Crippen LogP contribution is 2.18. The van der Waals surface area contributed by atoms with E-state index in [1.165, 1.54) is 31.2 Å². The molecule has 0 atom stereocenters.